The molecule has 0 aromatic heterocycles. The Kier molecular flexibility index (Phi) is 3.57. The van der Waals surface area contributed by atoms with E-state index in [0.29, 0.717) is 17.9 Å². The Hall–Kier alpha value is -0.220. The molecule has 15 heavy (non-hydrogen) atoms. The van der Waals surface area contributed by atoms with Gasteiger partial charge in [-0.2, -0.15) is 11.8 Å². The number of rotatable bonds is 2. The highest BCUT2D eigenvalue weighted by Gasteiger charge is 2.37. The number of amides is 1. The molecule has 2 aliphatic heterocycles. The van der Waals surface area contributed by atoms with Crippen molar-refractivity contribution in [1.82, 2.24) is 10.2 Å². The fourth-order valence-electron chi connectivity index (χ4n) is 2.34. The molecule has 0 spiro atoms. The third kappa shape index (κ3) is 2.31. The van der Waals surface area contributed by atoms with E-state index in [1.807, 2.05) is 11.8 Å². The molecule has 2 fully saturated rings. The first-order valence-electron chi connectivity index (χ1n) is 5.81. The molecular weight excluding hydrogens is 208 g/mol. The van der Waals surface area contributed by atoms with Crippen molar-refractivity contribution in [3.8, 4) is 0 Å². The fraction of sp³-hybridized carbons (Fsp3) is 0.909. The average molecular weight is 228 g/mol. The smallest absolute Gasteiger partial charge is 0.241 e. The summed E-state index contributed by atoms with van der Waals surface area (Å²) in [6.07, 6.45) is 2.44. The van der Waals surface area contributed by atoms with E-state index < -0.39 is 0 Å². The van der Waals surface area contributed by atoms with Gasteiger partial charge in [0.05, 0.1) is 12.7 Å². The zero-order valence-corrected chi connectivity index (χ0v) is 10.3. The van der Waals surface area contributed by atoms with E-state index in [1.165, 1.54) is 18.6 Å². The first-order chi connectivity index (χ1) is 7.20. The highest BCUT2D eigenvalue weighted by molar-refractivity contribution is 7.99. The summed E-state index contributed by atoms with van der Waals surface area (Å²) in [6, 6.07) is 0.532. The standard InChI is InChI=1S/C11H20N2OS/c1-8(2)10-11(14)13(7-12-10)9-4-3-5-15-6-9/h8-10,12H,3-7H2,1-2H3. The van der Waals surface area contributed by atoms with Crippen LogP contribution < -0.4 is 5.32 Å². The summed E-state index contributed by atoms with van der Waals surface area (Å²) in [4.78, 5) is 14.2. The van der Waals surface area contributed by atoms with E-state index in [9.17, 15) is 4.79 Å². The van der Waals surface area contributed by atoms with Gasteiger partial charge in [-0.3, -0.25) is 10.1 Å². The molecule has 1 amide bonds. The van der Waals surface area contributed by atoms with Crippen molar-refractivity contribution in [2.45, 2.75) is 38.8 Å². The second-order valence-electron chi connectivity index (χ2n) is 4.76. The van der Waals surface area contributed by atoms with Crippen LogP contribution in [0.25, 0.3) is 0 Å². The van der Waals surface area contributed by atoms with Crippen LogP contribution in [-0.2, 0) is 4.79 Å². The Labute approximate surface area is 96.0 Å². The summed E-state index contributed by atoms with van der Waals surface area (Å²) in [7, 11) is 0. The summed E-state index contributed by atoms with van der Waals surface area (Å²) in [5.74, 6) is 3.11. The van der Waals surface area contributed by atoms with Gasteiger partial charge in [-0.1, -0.05) is 13.8 Å². The Morgan fingerprint density at radius 3 is 2.87 bits per heavy atom. The zero-order chi connectivity index (χ0) is 10.8. The lowest BCUT2D eigenvalue weighted by molar-refractivity contribution is -0.131. The van der Waals surface area contributed by atoms with E-state index in [0.717, 1.165) is 12.4 Å². The Balaban J connectivity index is 1.96. The lowest BCUT2D eigenvalue weighted by Gasteiger charge is -2.30. The second kappa shape index (κ2) is 4.74. The molecular formula is C11H20N2OS. The normalized spacial score (nSPS) is 32.7. The highest BCUT2D eigenvalue weighted by Crippen LogP contribution is 2.24. The molecule has 86 valence electrons. The van der Waals surface area contributed by atoms with Gasteiger partial charge >= 0.3 is 0 Å². The van der Waals surface area contributed by atoms with Crippen LogP contribution in [-0.4, -0.2) is 41.1 Å². The second-order valence-corrected chi connectivity index (χ2v) is 5.91. The van der Waals surface area contributed by atoms with Crippen LogP contribution in [0.5, 0.6) is 0 Å². The molecule has 2 saturated heterocycles. The maximum Gasteiger partial charge on any atom is 0.241 e. The minimum Gasteiger partial charge on any atom is -0.325 e. The first kappa shape index (κ1) is 11.3. The van der Waals surface area contributed by atoms with Crippen molar-refractivity contribution in [2.24, 2.45) is 5.92 Å². The molecule has 0 bridgehead atoms. The molecule has 1 N–H and O–H groups in total. The van der Waals surface area contributed by atoms with Crippen molar-refractivity contribution in [2.75, 3.05) is 18.2 Å². The summed E-state index contributed by atoms with van der Waals surface area (Å²) < 4.78 is 0. The number of carbonyl (C=O) groups is 1. The number of hydrogen-bond donors (Lipinski definition) is 1. The van der Waals surface area contributed by atoms with Crippen LogP contribution in [0.4, 0.5) is 0 Å². The maximum absolute atomic E-state index is 12.1. The fourth-order valence-corrected chi connectivity index (χ4v) is 3.50. The molecule has 2 unspecified atom stereocenters. The van der Waals surface area contributed by atoms with Gasteiger partial charge < -0.3 is 4.90 Å². The average Bonchev–Trinajstić information content (AvgIpc) is 2.61. The Morgan fingerprint density at radius 2 is 2.33 bits per heavy atom. The van der Waals surface area contributed by atoms with Crippen molar-refractivity contribution in [3.63, 3.8) is 0 Å². The molecule has 0 aromatic carbocycles. The summed E-state index contributed by atoms with van der Waals surface area (Å²) in [5, 5.41) is 3.32. The highest BCUT2D eigenvalue weighted by atomic mass is 32.2. The van der Waals surface area contributed by atoms with Gasteiger partial charge in [0, 0.05) is 11.8 Å². The predicted octanol–water partition coefficient (Wildman–Crippen LogP) is 1.30. The lowest BCUT2D eigenvalue weighted by atomic mass is 10.0. The number of hydrogen-bond acceptors (Lipinski definition) is 3. The van der Waals surface area contributed by atoms with Gasteiger partial charge in [0.15, 0.2) is 0 Å². The topological polar surface area (TPSA) is 32.3 Å². The van der Waals surface area contributed by atoms with Gasteiger partial charge in [-0.05, 0) is 24.5 Å². The molecule has 4 heteroatoms. The molecule has 2 aliphatic rings. The number of nitrogens with zero attached hydrogens (tertiary/aromatic N) is 1. The summed E-state index contributed by atoms with van der Waals surface area (Å²) in [5.41, 5.74) is 0. The molecule has 0 radical (unpaired) electrons. The van der Waals surface area contributed by atoms with Crippen LogP contribution in [0, 0.1) is 5.92 Å². The summed E-state index contributed by atoms with van der Waals surface area (Å²) in [6.45, 7) is 4.97. The Morgan fingerprint density at radius 1 is 1.53 bits per heavy atom. The van der Waals surface area contributed by atoms with Crippen molar-refractivity contribution in [3.05, 3.63) is 0 Å². The molecule has 0 aromatic rings. The van der Waals surface area contributed by atoms with Crippen LogP contribution in [0.15, 0.2) is 0 Å². The maximum atomic E-state index is 12.1. The van der Waals surface area contributed by atoms with E-state index in [2.05, 4.69) is 24.1 Å². The SMILES string of the molecule is CC(C)C1NCN(C2CCCSC2)C1=O. The van der Waals surface area contributed by atoms with Gasteiger partial charge in [0.25, 0.3) is 0 Å². The van der Waals surface area contributed by atoms with Crippen LogP contribution in [0.3, 0.4) is 0 Å². The number of nitrogens with one attached hydrogen (secondary N) is 1. The van der Waals surface area contributed by atoms with Crippen LogP contribution in [0.1, 0.15) is 26.7 Å². The lowest BCUT2D eigenvalue weighted by Crippen LogP contribution is -2.42. The minimum absolute atomic E-state index is 0.0527. The molecule has 2 rings (SSSR count). The largest absolute Gasteiger partial charge is 0.325 e. The van der Waals surface area contributed by atoms with E-state index in [4.69, 9.17) is 0 Å². The quantitative estimate of drug-likeness (QED) is 0.773. The predicted molar refractivity (Wildman–Crippen MR) is 63.8 cm³/mol. The van der Waals surface area contributed by atoms with E-state index in [-0.39, 0.29) is 6.04 Å². The third-order valence-corrected chi connectivity index (χ3v) is 4.47. The number of thioether (sulfide) groups is 1. The van der Waals surface area contributed by atoms with E-state index >= 15 is 0 Å². The van der Waals surface area contributed by atoms with Crippen LogP contribution in [0.2, 0.25) is 0 Å². The van der Waals surface area contributed by atoms with Gasteiger partial charge in [0.2, 0.25) is 5.91 Å². The van der Waals surface area contributed by atoms with E-state index in [1.54, 1.807) is 0 Å². The number of carbonyl (C=O) groups excluding carboxylic acids is 1. The van der Waals surface area contributed by atoms with Crippen LogP contribution >= 0.6 is 11.8 Å². The third-order valence-electron chi connectivity index (χ3n) is 3.27. The molecule has 0 saturated carbocycles. The first-order valence-corrected chi connectivity index (χ1v) is 6.97. The molecule has 0 aliphatic carbocycles. The molecule has 2 heterocycles. The van der Waals surface area contributed by atoms with Gasteiger partial charge in [-0.15, -0.1) is 0 Å². The minimum atomic E-state index is 0.0527. The molecule has 2 atom stereocenters. The molecule has 3 nitrogen and oxygen atoms in total. The Bertz CT molecular complexity index is 239. The van der Waals surface area contributed by atoms with Crippen molar-refractivity contribution >= 4 is 17.7 Å². The van der Waals surface area contributed by atoms with Crippen molar-refractivity contribution < 1.29 is 4.79 Å². The van der Waals surface area contributed by atoms with Gasteiger partial charge in [-0.25, -0.2) is 0 Å². The van der Waals surface area contributed by atoms with Crippen molar-refractivity contribution in [1.29, 1.82) is 0 Å². The summed E-state index contributed by atoms with van der Waals surface area (Å²) >= 11 is 1.98. The van der Waals surface area contributed by atoms with Gasteiger partial charge in [0.1, 0.15) is 0 Å². The monoisotopic (exact) mass is 228 g/mol. The zero-order valence-electron chi connectivity index (χ0n) is 9.53.